The molecule has 140 valence electrons. The summed E-state index contributed by atoms with van der Waals surface area (Å²) in [6.07, 6.45) is -1.58. The van der Waals surface area contributed by atoms with Gasteiger partial charge in [0, 0.05) is 12.8 Å². The highest BCUT2D eigenvalue weighted by Crippen LogP contribution is 2.07. The zero-order chi connectivity index (χ0) is 19.6. The maximum Gasteiger partial charge on any atom is 0.314 e. The summed E-state index contributed by atoms with van der Waals surface area (Å²) in [6, 6.07) is 0. The lowest BCUT2D eigenvalue weighted by Gasteiger charge is -2.06. The lowest BCUT2D eigenvalue weighted by Crippen LogP contribution is -2.20. The molecule has 10 nitrogen and oxygen atoms in total. The summed E-state index contributed by atoms with van der Waals surface area (Å²) in [4.78, 5) is 66.4. The molecule has 2 unspecified atom stereocenters. The number of hydrogen-bond donors (Lipinski definition) is 2. The van der Waals surface area contributed by atoms with Crippen molar-refractivity contribution in [3.05, 3.63) is 0 Å². The van der Waals surface area contributed by atoms with E-state index in [1.807, 2.05) is 0 Å². The molecule has 0 aromatic carbocycles. The Hall–Kier alpha value is -2.78. The number of aliphatic carboxylic acids is 2. The number of ether oxygens (including phenoxy) is 2. The molecule has 0 aliphatic rings. The Morgan fingerprint density at radius 3 is 1.28 bits per heavy atom. The van der Waals surface area contributed by atoms with Crippen molar-refractivity contribution in [2.75, 3.05) is 0 Å². The van der Waals surface area contributed by atoms with E-state index in [0.29, 0.717) is 0 Å². The van der Waals surface area contributed by atoms with E-state index in [1.54, 1.807) is 0 Å². The monoisotopic (exact) mass is 360 g/mol. The second-order valence-corrected chi connectivity index (χ2v) is 5.43. The minimum absolute atomic E-state index is 0.0544. The first kappa shape index (κ1) is 22.2. The molecule has 0 spiro atoms. The van der Waals surface area contributed by atoms with Crippen LogP contribution in [0.5, 0.6) is 0 Å². The van der Waals surface area contributed by atoms with Crippen molar-refractivity contribution in [2.24, 2.45) is 11.8 Å². The van der Waals surface area contributed by atoms with Crippen LogP contribution in [0.1, 0.15) is 46.0 Å². The predicted octanol–water partition coefficient (Wildman–Crippen LogP) is 0.518. The number of rotatable bonds is 10. The smallest absolute Gasteiger partial charge is 0.314 e. The summed E-state index contributed by atoms with van der Waals surface area (Å²) in [6.45, 7) is 2.57. The fraction of sp³-hybridized carbons (Fsp3) is 0.600. The first-order valence-corrected chi connectivity index (χ1v) is 7.45. The van der Waals surface area contributed by atoms with Gasteiger partial charge in [-0.1, -0.05) is 13.8 Å². The Morgan fingerprint density at radius 1 is 0.680 bits per heavy atom. The second-order valence-electron chi connectivity index (χ2n) is 5.43. The van der Waals surface area contributed by atoms with E-state index >= 15 is 0 Å². The zero-order valence-corrected chi connectivity index (χ0v) is 13.9. The number of esters is 4. The minimum Gasteiger partial charge on any atom is -0.481 e. The van der Waals surface area contributed by atoms with Crippen LogP contribution in [0, 0.1) is 11.8 Å². The third-order valence-corrected chi connectivity index (χ3v) is 3.01. The molecular weight excluding hydrogens is 340 g/mol. The molecule has 0 fully saturated rings. The molecule has 0 bridgehead atoms. The average molecular weight is 360 g/mol. The predicted molar refractivity (Wildman–Crippen MR) is 78.9 cm³/mol. The molecule has 0 saturated carbocycles. The van der Waals surface area contributed by atoms with E-state index in [0.717, 1.165) is 0 Å². The highest BCUT2D eigenvalue weighted by atomic mass is 16.6. The number of hydrogen-bond acceptors (Lipinski definition) is 8. The fourth-order valence-corrected chi connectivity index (χ4v) is 1.49. The Morgan fingerprint density at radius 2 is 1.00 bits per heavy atom. The van der Waals surface area contributed by atoms with Crippen LogP contribution in [0.3, 0.4) is 0 Å². The van der Waals surface area contributed by atoms with Crippen LogP contribution in [0.25, 0.3) is 0 Å². The maximum absolute atomic E-state index is 11.4. The van der Waals surface area contributed by atoms with Crippen LogP contribution in [-0.4, -0.2) is 46.0 Å². The summed E-state index contributed by atoms with van der Waals surface area (Å²) in [5, 5.41) is 17.2. The number of carbonyl (C=O) groups is 6. The van der Waals surface area contributed by atoms with Crippen molar-refractivity contribution in [3.63, 3.8) is 0 Å². The molecule has 0 aliphatic heterocycles. The van der Waals surface area contributed by atoms with Gasteiger partial charge in [0.2, 0.25) is 0 Å². The van der Waals surface area contributed by atoms with Crippen LogP contribution in [-0.2, 0) is 38.2 Å². The molecular formula is C15H20O10. The quantitative estimate of drug-likeness (QED) is 0.415. The molecule has 2 atom stereocenters. The van der Waals surface area contributed by atoms with Crippen LogP contribution in [0.15, 0.2) is 0 Å². The van der Waals surface area contributed by atoms with Crippen molar-refractivity contribution in [2.45, 2.75) is 46.0 Å². The van der Waals surface area contributed by atoms with Gasteiger partial charge in [0.1, 0.15) is 0 Å². The third-order valence-electron chi connectivity index (χ3n) is 3.01. The van der Waals surface area contributed by atoms with Gasteiger partial charge in [-0.2, -0.15) is 0 Å². The number of carboxylic acid groups (broad SMARTS) is 2. The van der Waals surface area contributed by atoms with Gasteiger partial charge in [0.05, 0.1) is 24.7 Å². The van der Waals surface area contributed by atoms with Gasteiger partial charge in [0.25, 0.3) is 0 Å². The van der Waals surface area contributed by atoms with Gasteiger partial charge >= 0.3 is 35.8 Å². The Balaban J connectivity index is 4.02. The molecule has 2 N–H and O–H groups in total. The Labute approximate surface area is 143 Å². The van der Waals surface area contributed by atoms with Gasteiger partial charge < -0.3 is 19.7 Å². The summed E-state index contributed by atoms with van der Waals surface area (Å²) in [5.41, 5.74) is 0. The molecule has 25 heavy (non-hydrogen) atoms. The molecule has 0 radical (unpaired) electrons. The third kappa shape index (κ3) is 10.6. The van der Waals surface area contributed by atoms with Crippen LogP contribution >= 0.6 is 0 Å². The molecule has 0 saturated heterocycles. The highest BCUT2D eigenvalue weighted by molar-refractivity contribution is 5.89. The van der Waals surface area contributed by atoms with Crippen molar-refractivity contribution in [3.8, 4) is 0 Å². The largest absolute Gasteiger partial charge is 0.481 e. The molecule has 0 aromatic heterocycles. The van der Waals surface area contributed by atoms with Crippen LogP contribution < -0.4 is 0 Å². The van der Waals surface area contributed by atoms with Crippen molar-refractivity contribution in [1.82, 2.24) is 0 Å². The first-order chi connectivity index (χ1) is 11.5. The first-order valence-electron chi connectivity index (χ1n) is 7.45. The standard InChI is InChI=1S/C15H20O10/c1-8(14(20)21)6-12(18)24-10(16)4-3-5-11(17)25-13(19)7-9(2)15(22)23/h8-9H,3-7H2,1-2H3,(H,20,21)(H,22,23). The van der Waals surface area contributed by atoms with Gasteiger partial charge in [-0.05, 0) is 6.42 Å². The lowest BCUT2D eigenvalue weighted by atomic mass is 10.1. The molecule has 0 aromatic rings. The Kier molecular flexibility index (Phi) is 9.68. The molecule has 0 amide bonds. The van der Waals surface area contributed by atoms with Crippen molar-refractivity contribution < 1.29 is 48.5 Å². The maximum atomic E-state index is 11.4. The second kappa shape index (κ2) is 10.9. The van der Waals surface area contributed by atoms with E-state index in [2.05, 4.69) is 9.47 Å². The SMILES string of the molecule is CC(CC(=O)OC(=O)CCCC(=O)OC(=O)CC(C)C(=O)O)C(=O)O. The van der Waals surface area contributed by atoms with E-state index in [9.17, 15) is 28.8 Å². The van der Waals surface area contributed by atoms with Crippen LogP contribution in [0.4, 0.5) is 0 Å². The van der Waals surface area contributed by atoms with E-state index < -0.39 is 60.5 Å². The minimum atomic E-state index is -1.20. The normalized spacial score (nSPS) is 12.6. The van der Waals surface area contributed by atoms with Crippen molar-refractivity contribution in [1.29, 1.82) is 0 Å². The van der Waals surface area contributed by atoms with Gasteiger partial charge in [-0.25, -0.2) is 0 Å². The average Bonchev–Trinajstić information content (AvgIpc) is 2.46. The van der Waals surface area contributed by atoms with Crippen LogP contribution in [0.2, 0.25) is 0 Å². The summed E-state index contributed by atoms with van der Waals surface area (Å²) in [7, 11) is 0. The summed E-state index contributed by atoms with van der Waals surface area (Å²) < 4.78 is 8.78. The number of carboxylic acids is 2. The van der Waals surface area contributed by atoms with E-state index in [4.69, 9.17) is 10.2 Å². The van der Waals surface area contributed by atoms with Gasteiger partial charge in [-0.3, -0.25) is 28.8 Å². The van der Waals surface area contributed by atoms with E-state index in [-0.39, 0.29) is 19.3 Å². The fourth-order valence-electron chi connectivity index (χ4n) is 1.49. The Bertz CT molecular complexity index is 503. The molecule has 0 rings (SSSR count). The summed E-state index contributed by atoms with van der Waals surface area (Å²) >= 11 is 0. The molecule has 0 aliphatic carbocycles. The molecule has 10 heteroatoms. The highest BCUT2D eigenvalue weighted by Gasteiger charge is 2.21. The topological polar surface area (TPSA) is 161 Å². The zero-order valence-electron chi connectivity index (χ0n) is 13.9. The van der Waals surface area contributed by atoms with Gasteiger partial charge in [-0.15, -0.1) is 0 Å². The van der Waals surface area contributed by atoms with Crippen molar-refractivity contribution >= 4 is 35.8 Å². The lowest BCUT2D eigenvalue weighted by molar-refractivity contribution is -0.162. The number of carbonyl (C=O) groups excluding carboxylic acids is 4. The van der Waals surface area contributed by atoms with Gasteiger partial charge in [0.15, 0.2) is 0 Å². The summed E-state index contributed by atoms with van der Waals surface area (Å²) in [5.74, 6) is -8.21. The van der Waals surface area contributed by atoms with E-state index in [1.165, 1.54) is 13.8 Å². The molecule has 0 heterocycles.